The third-order valence-corrected chi connectivity index (χ3v) is 7.09. The van der Waals surface area contributed by atoms with Gasteiger partial charge in [-0.25, -0.2) is 4.98 Å². The van der Waals surface area contributed by atoms with E-state index < -0.39 is 11.6 Å². The third kappa shape index (κ3) is 4.40. The standard InChI is InChI=1S/C29H27N5O3/c1-19(26-17-36-18-31-26)37-28(33-27(35)20-7-4-3-5-8-20)29(10-11-29)24-13-21(22-15-32-34(2)16-22)14-25-23(24)9-6-12-30-25/h3-9,12-19,28H,10-11H2,1-2H3,(H,33,35). The van der Waals surface area contributed by atoms with E-state index in [0.29, 0.717) is 11.3 Å². The van der Waals surface area contributed by atoms with Crippen molar-refractivity contribution in [3.8, 4) is 11.1 Å². The normalized spacial score (nSPS) is 15.8. The number of nitrogens with zero attached hydrogens (tertiary/aromatic N) is 4. The molecule has 3 aromatic heterocycles. The Kier molecular flexibility index (Phi) is 5.81. The van der Waals surface area contributed by atoms with Gasteiger partial charge in [0.25, 0.3) is 5.91 Å². The van der Waals surface area contributed by atoms with Gasteiger partial charge in [0.15, 0.2) is 6.39 Å². The maximum Gasteiger partial charge on any atom is 0.253 e. The summed E-state index contributed by atoms with van der Waals surface area (Å²) in [7, 11) is 1.90. The van der Waals surface area contributed by atoms with Crippen molar-refractivity contribution in [3.05, 3.63) is 103 Å². The number of carbonyl (C=O) groups excluding carboxylic acids is 1. The molecule has 1 aliphatic carbocycles. The Morgan fingerprint density at radius 2 is 1.95 bits per heavy atom. The Balaban J connectivity index is 1.44. The molecule has 1 aliphatic rings. The van der Waals surface area contributed by atoms with Gasteiger partial charge in [0.05, 0.1) is 11.7 Å². The number of nitrogens with one attached hydrogen (secondary N) is 1. The number of benzene rings is 2. The van der Waals surface area contributed by atoms with Gasteiger partial charge < -0.3 is 14.5 Å². The molecular weight excluding hydrogens is 466 g/mol. The van der Waals surface area contributed by atoms with Crippen molar-refractivity contribution in [1.29, 1.82) is 0 Å². The summed E-state index contributed by atoms with van der Waals surface area (Å²) in [6.45, 7) is 1.92. The van der Waals surface area contributed by atoms with Crippen molar-refractivity contribution in [2.24, 2.45) is 7.05 Å². The minimum absolute atomic E-state index is 0.185. The number of fused-ring (bicyclic) bond motifs is 1. The molecule has 0 aliphatic heterocycles. The lowest BCUT2D eigenvalue weighted by Crippen LogP contribution is -2.46. The molecule has 1 saturated carbocycles. The number of aryl methyl sites for hydroxylation is 1. The van der Waals surface area contributed by atoms with E-state index in [0.717, 1.165) is 40.4 Å². The summed E-state index contributed by atoms with van der Waals surface area (Å²) < 4.78 is 13.5. The van der Waals surface area contributed by atoms with Gasteiger partial charge in [0.1, 0.15) is 24.3 Å². The molecule has 2 unspecified atom stereocenters. The van der Waals surface area contributed by atoms with E-state index in [-0.39, 0.29) is 12.0 Å². The summed E-state index contributed by atoms with van der Waals surface area (Å²) in [5, 5.41) is 8.60. The highest BCUT2D eigenvalue weighted by Gasteiger charge is 2.54. The first-order chi connectivity index (χ1) is 18.0. The fourth-order valence-corrected chi connectivity index (χ4v) is 4.93. The van der Waals surface area contributed by atoms with E-state index in [4.69, 9.17) is 9.15 Å². The number of carbonyl (C=O) groups is 1. The van der Waals surface area contributed by atoms with Crippen LogP contribution in [-0.2, 0) is 17.2 Å². The van der Waals surface area contributed by atoms with Crippen LogP contribution in [0.1, 0.15) is 47.5 Å². The van der Waals surface area contributed by atoms with Crippen LogP contribution in [0.25, 0.3) is 22.0 Å². The summed E-state index contributed by atoms with van der Waals surface area (Å²) >= 11 is 0. The predicted molar refractivity (Wildman–Crippen MR) is 139 cm³/mol. The minimum Gasteiger partial charge on any atom is -0.451 e. The Morgan fingerprint density at radius 3 is 2.65 bits per heavy atom. The molecule has 0 bridgehead atoms. The number of ether oxygens (including phenoxy) is 1. The van der Waals surface area contributed by atoms with Crippen molar-refractivity contribution >= 4 is 16.8 Å². The lowest BCUT2D eigenvalue weighted by atomic mass is 9.87. The zero-order valence-corrected chi connectivity index (χ0v) is 20.7. The summed E-state index contributed by atoms with van der Waals surface area (Å²) in [5.41, 5.74) is 4.85. The van der Waals surface area contributed by atoms with Gasteiger partial charge >= 0.3 is 0 Å². The van der Waals surface area contributed by atoms with Gasteiger partial charge in [-0.15, -0.1) is 0 Å². The van der Waals surface area contributed by atoms with Crippen LogP contribution >= 0.6 is 0 Å². The SMILES string of the molecule is CC(OC(NC(=O)c1ccccc1)C1(c2cc(-c3cnn(C)c3)cc3ncccc23)CC1)c1cocn1. The van der Waals surface area contributed by atoms with E-state index in [1.165, 1.54) is 6.39 Å². The second kappa shape index (κ2) is 9.29. The fraction of sp³-hybridized carbons (Fsp3) is 0.241. The van der Waals surface area contributed by atoms with Crippen molar-refractivity contribution in [1.82, 2.24) is 25.1 Å². The van der Waals surface area contributed by atoms with Crippen LogP contribution in [0.3, 0.4) is 0 Å². The van der Waals surface area contributed by atoms with E-state index in [9.17, 15) is 4.79 Å². The number of oxazole rings is 1. The molecule has 5 aromatic rings. The Bertz CT molecular complexity index is 1540. The number of hydrogen-bond acceptors (Lipinski definition) is 6. The first-order valence-electron chi connectivity index (χ1n) is 12.3. The fourth-order valence-electron chi connectivity index (χ4n) is 4.93. The minimum atomic E-state index is -0.598. The molecule has 2 aromatic carbocycles. The van der Waals surface area contributed by atoms with Gasteiger partial charge in [0.2, 0.25) is 0 Å². The van der Waals surface area contributed by atoms with Crippen molar-refractivity contribution in [2.75, 3.05) is 0 Å². The average molecular weight is 494 g/mol. The summed E-state index contributed by atoms with van der Waals surface area (Å²) in [4.78, 5) is 22.3. The average Bonchev–Trinajstić information content (AvgIpc) is 3.31. The number of rotatable bonds is 8. The molecule has 0 spiro atoms. The first-order valence-corrected chi connectivity index (χ1v) is 12.3. The molecule has 186 valence electrons. The molecule has 3 heterocycles. The van der Waals surface area contributed by atoms with Gasteiger partial charge in [0, 0.05) is 41.4 Å². The molecule has 37 heavy (non-hydrogen) atoms. The summed E-state index contributed by atoms with van der Waals surface area (Å²) in [6.07, 6.45) is 9.34. The molecule has 0 radical (unpaired) electrons. The van der Waals surface area contributed by atoms with Crippen LogP contribution in [0, 0.1) is 0 Å². The Morgan fingerprint density at radius 1 is 1.11 bits per heavy atom. The van der Waals surface area contributed by atoms with E-state index >= 15 is 0 Å². The molecule has 2 atom stereocenters. The van der Waals surface area contributed by atoms with Crippen LogP contribution in [0.15, 0.2) is 90.3 Å². The van der Waals surface area contributed by atoms with Crippen molar-refractivity contribution < 1.29 is 13.9 Å². The van der Waals surface area contributed by atoms with Gasteiger partial charge in [-0.1, -0.05) is 24.3 Å². The number of aromatic nitrogens is 4. The van der Waals surface area contributed by atoms with Crippen molar-refractivity contribution in [2.45, 2.75) is 37.5 Å². The zero-order valence-electron chi connectivity index (χ0n) is 20.7. The van der Waals surface area contributed by atoms with Gasteiger partial charge in [-0.3, -0.25) is 14.5 Å². The molecular formula is C29H27N5O3. The van der Waals surface area contributed by atoms with Gasteiger partial charge in [-0.2, -0.15) is 5.10 Å². The molecule has 1 amide bonds. The molecule has 8 heteroatoms. The van der Waals surface area contributed by atoms with Crippen LogP contribution in [-0.4, -0.2) is 31.9 Å². The molecule has 0 saturated heterocycles. The smallest absolute Gasteiger partial charge is 0.253 e. The summed E-state index contributed by atoms with van der Waals surface area (Å²) in [5.74, 6) is -0.185. The lowest BCUT2D eigenvalue weighted by molar-refractivity contribution is -0.0417. The third-order valence-electron chi connectivity index (χ3n) is 7.09. The quantitative estimate of drug-likeness (QED) is 0.299. The topological polar surface area (TPSA) is 95.1 Å². The lowest BCUT2D eigenvalue weighted by Gasteiger charge is -2.31. The highest BCUT2D eigenvalue weighted by atomic mass is 16.5. The maximum atomic E-state index is 13.3. The summed E-state index contributed by atoms with van der Waals surface area (Å²) in [6, 6.07) is 17.5. The molecule has 6 rings (SSSR count). The van der Waals surface area contributed by atoms with E-state index in [2.05, 4.69) is 38.6 Å². The molecule has 8 nitrogen and oxygen atoms in total. The van der Waals surface area contributed by atoms with Crippen LogP contribution < -0.4 is 5.32 Å². The van der Waals surface area contributed by atoms with E-state index in [1.54, 1.807) is 29.3 Å². The monoisotopic (exact) mass is 493 g/mol. The van der Waals surface area contributed by atoms with Crippen LogP contribution in [0.4, 0.5) is 0 Å². The first kappa shape index (κ1) is 23.1. The van der Waals surface area contributed by atoms with Crippen molar-refractivity contribution in [3.63, 3.8) is 0 Å². The molecule has 1 N–H and O–H groups in total. The highest BCUT2D eigenvalue weighted by molar-refractivity contribution is 5.94. The van der Waals surface area contributed by atoms with Gasteiger partial charge in [-0.05, 0) is 61.2 Å². The van der Waals surface area contributed by atoms with E-state index in [1.807, 2.05) is 50.6 Å². The van der Waals surface area contributed by atoms with Crippen LogP contribution in [0.2, 0.25) is 0 Å². The molecule has 1 fully saturated rings. The number of amides is 1. The largest absolute Gasteiger partial charge is 0.451 e. The van der Waals surface area contributed by atoms with Crippen LogP contribution in [0.5, 0.6) is 0 Å². The second-order valence-corrected chi connectivity index (χ2v) is 9.56. The second-order valence-electron chi connectivity index (χ2n) is 9.56. The Labute approximate surface area is 214 Å². The number of hydrogen-bond donors (Lipinski definition) is 1. The highest BCUT2D eigenvalue weighted by Crippen LogP contribution is 2.54. The number of pyridine rings is 1. The Hall–Kier alpha value is -4.30. The maximum absolute atomic E-state index is 13.3. The zero-order chi connectivity index (χ0) is 25.4. The predicted octanol–water partition coefficient (Wildman–Crippen LogP) is 5.19.